The molecule has 0 spiro atoms. The summed E-state index contributed by atoms with van der Waals surface area (Å²) in [4.78, 5) is 4.02. The van der Waals surface area contributed by atoms with Gasteiger partial charge in [0.2, 0.25) is 0 Å². The molecule has 0 aromatic rings. The summed E-state index contributed by atoms with van der Waals surface area (Å²) in [6.07, 6.45) is -0.834. The lowest BCUT2D eigenvalue weighted by Crippen LogP contribution is -2.60. The number of rotatable bonds is 0. The lowest BCUT2D eigenvalue weighted by atomic mass is 10.0. The number of hydrogen-bond donors (Lipinski definition) is 0. The van der Waals surface area contributed by atoms with Crippen LogP contribution in [0.3, 0.4) is 0 Å². The zero-order valence-electron chi connectivity index (χ0n) is 9.34. The highest BCUT2D eigenvalue weighted by Gasteiger charge is 2.37. The van der Waals surface area contributed by atoms with Gasteiger partial charge in [-0.15, -0.1) is 0 Å². The first kappa shape index (κ1) is 10.9. The molecule has 2 nitrogen and oxygen atoms in total. The highest BCUT2D eigenvalue weighted by atomic mass is 19.1. The fourth-order valence-corrected chi connectivity index (χ4v) is 1.77. The molecule has 0 N–H and O–H groups in total. The lowest BCUT2D eigenvalue weighted by Gasteiger charge is -2.47. The Morgan fingerprint density at radius 3 is 2.23 bits per heavy atom. The summed E-state index contributed by atoms with van der Waals surface area (Å²) in [5, 5.41) is 0. The second kappa shape index (κ2) is 3.54. The summed E-state index contributed by atoms with van der Waals surface area (Å²) in [6.45, 7) is 9.93. The summed E-state index contributed by atoms with van der Waals surface area (Å²) >= 11 is 0. The molecule has 0 amide bonds. The van der Waals surface area contributed by atoms with Gasteiger partial charge in [0.15, 0.2) is 6.30 Å². The fraction of sp³-hybridized carbons (Fsp3) is 1.00. The van der Waals surface area contributed by atoms with Crippen LogP contribution in [0.25, 0.3) is 0 Å². The molecular formula is C10H21FN2. The van der Waals surface area contributed by atoms with Crippen LogP contribution in [0.15, 0.2) is 0 Å². The van der Waals surface area contributed by atoms with Crippen molar-refractivity contribution in [3.63, 3.8) is 0 Å². The summed E-state index contributed by atoms with van der Waals surface area (Å²) in [6, 6.07) is 0.00738. The van der Waals surface area contributed by atoms with E-state index in [9.17, 15) is 4.39 Å². The van der Waals surface area contributed by atoms with Crippen LogP contribution in [0.5, 0.6) is 0 Å². The first-order chi connectivity index (χ1) is 5.84. The van der Waals surface area contributed by atoms with E-state index in [4.69, 9.17) is 0 Å². The van der Waals surface area contributed by atoms with E-state index in [1.54, 1.807) is 0 Å². The number of hydrogen-bond acceptors (Lipinski definition) is 2. The molecule has 1 aliphatic heterocycles. The van der Waals surface area contributed by atoms with Gasteiger partial charge in [0, 0.05) is 18.6 Å². The number of alkyl halides is 1. The van der Waals surface area contributed by atoms with E-state index in [0.717, 1.165) is 13.1 Å². The Kier molecular flexibility index (Phi) is 2.98. The van der Waals surface area contributed by atoms with Gasteiger partial charge in [-0.2, -0.15) is 0 Å². The predicted octanol–water partition coefficient (Wildman–Crippen LogP) is 1.72. The van der Waals surface area contributed by atoms with Crippen molar-refractivity contribution in [3.8, 4) is 0 Å². The van der Waals surface area contributed by atoms with Gasteiger partial charge in [0.05, 0.1) is 6.04 Å². The summed E-state index contributed by atoms with van der Waals surface area (Å²) in [5.74, 6) is 0. The molecule has 13 heavy (non-hydrogen) atoms. The smallest absolute Gasteiger partial charge is 0.169 e. The average molecular weight is 188 g/mol. The monoisotopic (exact) mass is 188 g/mol. The molecule has 78 valence electrons. The highest BCUT2D eigenvalue weighted by molar-refractivity contribution is 4.88. The molecule has 1 heterocycles. The van der Waals surface area contributed by atoms with Crippen LogP contribution in [0.1, 0.15) is 27.7 Å². The minimum Gasteiger partial charge on any atom is -0.298 e. The van der Waals surface area contributed by atoms with Crippen molar-refractivity contribution in [2.24, 2.45) is 0 Å². The Balaban J connectivity index is 2.70. The zero-order chi connectivity index (χ0) is 10.2. The van der Waals surface area contributed by atoms with E-state index >= 15 is 0 Å². The van der Waals surface area contributed by atoms with Gasteiger partial charge < -0.3 is 0 Å². The fourth-order valence-electron chi connectivity index (χ4n) is 1.77. The van der Waals surface area contributed by atoms with Gasteiger partial charge in [0.1, 0.15) is 0 Å². The SMILES string of the molecule is C[C@@H]1[C@H](F)N(C(C)(C)C)CCN1C. The number of piperazine rings is 1. The van der Waals surface area contributed by atoms with E-state index in [1.165, 1.54) is 0 Å². The van der Waals surface area contributed by atoms with E-state index in [2.05, 4.69) is 25.7 Å². The van der Waals surface area contributed by atoms with Crippen LogP contribution in [0.2, 0.25) is 0 Å². The molecule has 0 bridgehead atoms. The second-order valence-corrected chi connectivity index (χ2v) is 4.96. The maximum atomic E-state index is 13.9. The van der Waals surface area contributed by atoms with Crippen molar-refractivity contribution in [2.45, 2.75) is 45.6 Å². The molecule has 0 saturated carbocycles. The summed E-state index contributed by atoms with van der Waals surface area (Å²) < 4.78 is 13.9. The maximum absolute atomic E-state index is 13.9. The van der Waals surface area contributed by atoms with Crippen LogP contribution in [0.4, 0.5) is 4.39 Å². The third kappa shape index (κ3) is 2.20. The minimum atomic E-state index is -0.834. The molecule has 0 unspecified atom stereocenters. The van der Waals surface area contributed by atoms with Gasteiger partial charge in [-0.1, -0.05) is 0 Å². The molecule has 2 atom stereocenters. The molecule has 0 radical (unpaired) electrons. The van der Waals surface area contributed by atoms with Crippen molar-refractivity contribution in [1.82, 2.24) is 9.80 Å². The topological polar surface area (TPSA) is 6.48 Å². The quantitative estimate of drug-likeness (QED) is 0.534. The molecule has 1 rings (SSSR count). The van der Waals surface area contributed by atoms with E-state index in [0.29, 0.717) is 0 Å². The number of nitrogens with zero attached hydrogens (tertiary/aromatic N) is 2. The second-order valence-electron chi connectivity index (χ2n) is 4.96. The summed E-state index contributed by atoms with van der Waals surface area (Å²) in [7, 11) is 1.98. The van der Waals surface area contributed by atoms with Gasteiger partial charge >= 0.3 is 0 Å². The van der Waals surface area contributed by atoms with Crippen LogP contribution < -0.4 is 0 Å². The molecular weight excluding hydrogens is 167 g/mol. The average Bonchev–Trinajstić information content (AvgIpc) is 1.98. The van der Waals surface area contributed by atoms with Crippen molar-refractivity contribution >= 4 is 0 Å². The third-order valence-electron chi connectivity index (χ3n) is 2.95. The van der Waals surface area contributed by atoms with Crippen molar-refractivity contribution in [3.05, 3.63) is 0 Å². The van der Waals surface area contributed by atoms with Gasteiger partial charge in [-0.25, -0.2) is 4.39 Å². The lowest BCUT2D eigenvalue weighted by molar-refractivity contribution is -0.0764. The molecule has 0 aromatic heterocycles. The van der Waals surface area contributed by atoms with Crippen molar-refractivity contribution in [1.29, 1.82) is 0 Å². The van der Waals surface area contributed by atoms with E-state index < -0.39 is 6.30 Å². The van der Waals surface area contributed by atoms with E-state index in [-0.39, 0.29) is 11.6 Å². The van der Waals surface area contributed by atoms with Crippen LogP contribution in [0, 0.1) is 0 Å². The van der Waals surface area contributed by atoms with E-state index in [1.807, 2.05) is 18.9 Å². The Morgan fingerprint density at radius 1 is 1.23 bits per heavy atom. The summed E-state index contributed by atoms with van der Waals surface area (Å²) in [5.41, 5.74) is -0.0606. The molecule has 0 aliphatic carbocycles. The Hall–Kier alpha value is -0.150. The van der Waals surface area contributed by atoms with Crippen molar-refractivity contribution < 1.29 is 4.39 Å². The minimum absolute atomic E-state index is 0.00738. The van der Waals surface area contributed by atoms with Crippen LogP contribution in [-0.2, 0) is 0 Å². The largest absolute Gasteiger partial charge is 0.298 e. The number of halogens is 1. The van der Waals surface area contributed by atoms with Gasteiger partial charge in [-0.3, -0.25) is 9.80 Å². The van der Waals surface area contributed by atoms with Gasteiger partial charge in [-0.05, 0) is 34.7 Å². The van der Waals surface area contributed by atoms with Gasteiger partial charge in [0.25, 0.3) is 0 Å². The highest BCUT2D eigenvalue weighted by Crippen LogP contribution is 2.24. The first-order valence-corrected chi connectivity index (χ1v) is 4.95. The third-order valence-corrected chi connectivity index (χ3v) is 2.95. The van der Waals surface area contributed by atoms with Crippen molar-refractivity contribution in [2.75, 3.05) is 20.1 Å². The molecule has 1 saturated heterocycles. The molecule has 0 aromatic carbocycles. The normalized spacial score (nSPS) is 33.7. The number of likely N-dealkylation sites (N-methyl/N-ethyl adjacent to an activating group) is 1. The molecule has 1 fully saturated rings. The van der Waals surface area contributed by atoms with Crippen LogP contribution >= 0.6 is 0 Å². The Morgan fingerprint density at radius 2 is 1.77 bits per heavy atom. The van der Waals surface area contributed by atoms with Crippen LogP contribution in [-0.4, -0.2) is 47.8 Å². The first-order valence-electron chi connectivity index (χ1n) is 4.95. The standard InChI is InChI=1S/C10H21FN2/c1-8-9(11)13(10(2,3)4)7-6-12(8)5/h8-9H,6-7H2,1-5H3/t8-,9-/m1/s1. The zero-order valence-corrected chi connectivity index (χ0v) is 9.34. The molecule has 3 heteroatoms. The maximum Gasteiger partial charge on any atom is 0.169 e. The predicted molar refractivity (Wildman–Crippen MR) is 53.4 cm³/mol. The molecule has 1 aliphatic rings. The Bertz CT molecular complexity index is 176. The Labute approximate surface area is 80.7 Å².